The van der Waals surface area contributed by atoms with Gasteiger partial charge in [0.15, 0.2) is 5.69 Å². The van der Waals surface area contributed by atoms with Crippen LogP contribution in [-0.4, -0.2) is 55.7 Å². The number of methoxy groups -OCH3 is 1. The number of carbonyl (C=O) groups excluding carboxylic acids is 1. The van der Waals surface area contributed by atoms with Crippen LogP contribution in [0.4, 0.5) is 0 Å². The lowest BCUT2D eigenvalue weighted by Crippen LogP contribution is -2.29. The lowest BCUT2D eigenvalue weighted by Gasteiger charge is -2.05. The Morgan fingerprint density at radius 1 is 1.25 bits per heavy atom. The van der Waals surface area contributed by atoms with Crippen molar-refractivity contribution in [3.05, 3.63) is 54.0 Å². The summed E-state index contributed by atoms with van der Waals surface area (Å²) in [6.07, 6.45) is 3.04. The molecule has 28 heavy (non-hydrogen) atoms. The summed E-state index contributed by atoms with van der Waals surface area (Å²) >= 11 is 0. The highest BCUT2D eigenvalue weighted by Crippen LogP contribution is 2.23. The van der Waals surface area contributed by atoms with Crippen molar-refractivity contribution in [2.75, 3.05) is 13.7 Å². The van der Waals surface area contributed by atoms with Crippen LogP contribution in [0.15, 0.2) is 42.7 Å². The molecule has 0 radical (unpaired) electrons. The van der Waals surface area contributed by atoms with Gasteiger partial charge in [-0.25, -0.2) is 9.67 Å². The predicted octanol–water partition coefficient (Wildman–Crippen LogP) is 0.917. The van der Waals surface area contributed by atoms with Gasteiger partial charge in [0.25, 0.3) is 5.91 Å². The number of carboxylic acid groups (broad SMARTS) is 1. The number of hydrogen-bond acceptors (Lipinski definition) is 7. The van der Waals surface area contributed by atoms with Crippen molar-refractivity contribution in [2.24, 2.45) is 0 Å². The minimum atomic E-state index is -1.20. The zero-order valence-electron chi connectivity index (χ0n) is 14.9. The van der Waals surface area contributed by atoms with Crippen molar-refractivity contribution in [3.8, 4) is 22.8 Å². The van der Waals surface area contributed by atoms with Gasteiger partial charge in [-0.2, -0.15) is 0 Å². The van der Waals surface area contributed by atoms with Crippen LogP contribution in [0.25, 0.3) is 11.3 Å². The molecule has 0 aliphatic rings. The number of aromatic nitrogens is 4. The van der Waals surface area contributed by atoms with Gasteiger partial charge in [-0.05, 0) is 23.8 Å². The first kappa shape index (κ1) is 18.8. The van der Waals surface area contributed by atoms with Gasteiger partial charge in [0.1, 0.15) is 23.7 Å². The number of amides is 1. The van der Waals surface area contributed by atoms with E-state index < -0.39 is 18.4 Å². The number of ether oxygens (including phenoxy) is 1. The van der Waals surface area contributed by atoms with Gasteiger partial charge in [-0.1, -0.05) is 17.3 Å². The molecule has 0 aliphatic heterocycles. The number of aliphatic carboxylic acids is 1. The monoisotopic (exact) mass is 383 g/mol. The van der Waals surface area contributed by atoms with Gasteiger partial charge < -0.3 is 20.3 Å². The maximum absolute atomic E-state index is 11.8. The van der Waals surface area contributed by atoms with Gasteiger partial charge in [0.05, 0.1) is 19.9 Å². The van der Waals surface area contributed by atoms with Crippen LogP contribution >= 0.6 is 0 Å². The zero-order valence-corrected chi connectivity index (χ0v) is 14.9. The fourth-order valence-electron chi connectivity index (χ4n) is 2.43. The summed E-state index contributed by atoms with van der Waals surface area (Å²) in [6, 6.07) is 8.85. The standard InChI is InChI=1S/C18H17N5O5/c1-28-13-4-2-11(3-5-13)9-23-10-14(21-22-23)12-6-15(24)17(19-7-12)18(27)20-8-16(25)26/h2-7,10,24H,8-9H2,1H3,(H,20,27)(H,25,26). The Hall–Kier alpha value is -3.95. The second-order valence-corrected chi connectivity index (χ2v) is 5.82. The summed E-state index contributed by atoms with van der Waals surface area (Å²) in [7, 11) is 1.60. The molecule has 3 aromatic rings. The molecule has 0 spiro atoms. The molecule has 144 valence electrons. The van der Waals surface area contributed by atoms with E-state index in [2.05, 4.69) is 20.6 Å². The number of pyridine rings is 1. The van der Waals surface area contributed by atoms with Crippen molar-refractivity contribution in [1.82, 2.24) is 25.3 Å². The normalized spacial score (nSPS) is 10.5. The van der Waals surface area contributed by atoms with E-state index in [1.165, 1.54) is 12.3 Å². The van der Waals surface area contributed by atoms with E-state index in [-0.39, 0.29) is 11.4 Å². The average molecular weight is 383 g/mol. The minimum Gasteiger partial charge on any atom is -0.505 e. The van der Waals surface area contributed by atoms with E-state index in [9.17, 15) is 14.7 Å². The third-order valence-corrected chi connectivity index (χ3v) is 3.82. The van der Waals surface area contributed by atoms with Gasteiger partial charge in [0.2, 0.25) is 0 Å². The van der Waals surface area contributed by atoms with Crippen LogP contribution in [0.2, 0.25) is 0 Å². The molecule has 0 fully saturated rings. The smallest absolute Gasteiger partial charge is 0.322 e. The Kier molecular flexibility index (Phi) is 5.49. The van der Waals surface area contributed by atoms with E-state index in [1.54, 1.807) is 18.0 Å². The Labute approximate surface area is 159 Å². The minimum absolute atomic E-state index is 0.268. The van der Waals surface area contributed by atoms with Crippen molar-refractivity contribution < 1.29 is 24.5 Å². The van der Waals surface area contributed by atoms with Crippen molar-refractivity contribution in [1.29, 1.82) is 0 Å². The zero-order chi connectivity index (χ0) is 20.1. The highest BCUT2D eigenvalue weighted by Gasteiger charge is 2.16. The van der Waals surface area contributed by atoms with Gasteiger partial charge in [-0.15, -0.1) is 5.10 Å². The molecule has 10 nitrogen and oxygen atoms in total. The fourth-order valence-corrected chi connectivity index (χ4v) is 2.43. The van der Waals surface area contributed by atoms with Crippen molar-refractivity contribution >= 4 is 11.9 Å². The number of carboxylic acids is 1. The molecule has 0 saturated carbocycles. The molecule has 0 atom stereocenters. The summed E-state index contributed by atoms with van der Waals surface area (Å²) in [5.41, 5.74) is 1.67. The second kappa shape index (κ2) is 8.16. The van der Waals surface area contributed by atoms with Gasteiger partial charge in [-0.3, -0.25) is 9.59 Å². The first-order valence-corrected chi connectivity index (χ1v) is 8.18. The fraction of sp³-hybridized carbons (Fsp3) is 0.167. The topological polar surface area (TPSA) is 139 Å². The third kappa shape index (κ3) is 4.41. The van der Waals surface area contributed by atoms with Gasteiger partial charge in [0, 0.05) is 11.8 Å². The number of carbonyl (C=O) groups is 2. The Balaban J connectivity index is 1.72. The molecular formula is C18H17N5O5. The molecule has 3 N–H and O–H groups in total. The largest absolute Gasteiger partial charge is 0.505 e. The van der Waals surface area contributed by atoms with Crippen molar-refractivity contribution in [2.45, 2.75) is 6.54 Å². The first-order valence-electron chi connectivity index (χ1n) is 8.18. The van der Waals surface area contributed by atoms with Crippen LogP contribution in [0, 0.1) is 0 Å². The van der Waals surface area contributed by atoms with Crippen LogP contribution in [-0.2, 0) is 11.3 Å². The lowest BCUT2D eigenvalue weighted by molar-refractivity contribution is -0.135. The highest BCUT2D eigenvalue weighted by atomic mass is 16.5. The molecule has 10 heteroatoms. The Morgan fingerprint density at radius 2 is 2.00 bits per heavy atom. The molecule has 0 aliphatic carbocycles. The number of aromatic hydroxyl groups is 1. The van der Waals surface area contributed by atoms with Crippen LogP contribution in [0.5, 0.6) is 11.5 Å². The summed E-state index contributed by atoms with van der Waals surface area (Å²) in [6.45, 7) is -0.0759. The lowest BCUT2D eigenvalue weighted by atomic mass is 10.2. The van der Waals surface area contributed by atoms with E-state index in [0.717, 1.165) is 11.3 Å². The number of nitrogens with one attached hydrogen (secondary N) is 1. The van der Waals surface area contributed by atoms with E-state index in [0.29, 0.717) is 17.8 Å². The quantitative estimate of drug-likeness (QED) is 0.547. The second-order valence-electron chi connectivity index (χ2n) is 5.82. The molecule has 1 amide bonds. The highest BCUT2D eigenvalue weighted by molar-refractivity contribution is 5.96. The predicted molar refractivity (Wildman–Crippen MR) is 97.0 cm³/mol. The Morgan fingerprint density at radius 3 is 2.64 bits per heavy atom. The van der Waals surface area contributed by atoms with Crippen LogP contribution in [0.3, 0.4) is 0 Å². The average Bonchev–Trinajstić information content (AvgIpc) is 3.15. The SMILES string of the molecule is COc1ccc(Cn2cc(-c3cnc(C(=O)NCC(=O)O)c(O)c3)nn2)cc1. The summed E-state index contributed by atoms with van der Waals surface area (Å²) < 4.78 is 6.75. The maximum Gasteiger partial charge on any atom is 0.322 e. The van der Waals surface area contributed by atoms with Crippen molar-refractivity contribution in [3.63, 3.8) is 0 Å². The molecule has 0 unspecified atom stereocenters. The molecule has 3 rings (SSSR count). The molecule has 2 aromatic heterocycles. The number of nitrogens with zero attached hydrogens (tertiary/aromatic N) is 4. The van der Waals surface area contributed by atoms with Crippen LogP contribution in [0.1, 0.15) is 16.1 Å². The number of rotatable bonds is 7. The maximum atomic E-state index is 11.8. The molecular weight excluding hydrogens is 366 g/mol. The van der Waals surface area contributed by atoms with E-state index in [4.69, 9.17) is 9.84 Å². The van der Waals surface area contributed by atoms with E-state index >= 15 is 0 Å². The molecule has 2 heterocycles. The first-order chi connectivity index (χ1) is 13.5. The number of hydrogen-bond donors (Lipinski definition) is 3. The van der Waals surface area contributed by atoms with Gasteiger partial charge >= 0.3 is 5.97 Å². The van der Waals surface area contributed by atoms with E-state index in [1.807, 2.05) is 24.3 Å². The molecule has 0 saturated heterocycles. The summed E-state index contributed by atoms with van der Waals surface area (Å²) in [5, 5.41) is 28.9. The molecule has 0 bridgehead atoms. The number of benzene rings is 1. The Bertz CT molecular complexity index is 1000. The summed E-state index contributed by atoms with van der Waals surface area (Å²) in [5.74, 6) is -1.60. The molecule has 1 aromatic carbocycles. The van der Waals surface area contributed by atoms with Crippen LogP contribution < -0.4 is 10.1 Å². The summed E-state index contributed by atoms with van der Waals surface area (Å²) in [4.78, 5) is 26.2. The third-order valence-electron chi connectivity index (χ3n) is 3.82.